The van der Waals surface area contributed by atoms with Gasteiger partial charge in [0.15, 0.2) is 5.67 Å². The fraction of sp³-hybridized carbons (Fsp3) is 0.571. The highest BCUT2D eigenvalue weighted by atomic mass is 32.2. The van der Waals surface area contributed by atoms with Crippen molar-refractivity contribution in [2.75, 3.05) is 17.1 Å². The molecule has 0 radical (unpaired) electrons. The van der Waals surface area contributed by atoms with E-state index in [1.54, 1.807) is 12.1 Å². The number of anilines is 1. The first-order valence-corrected chi connectivity index (χ1v) is 8.10. The Bertz CT molecular complexity index is 615. The van der Waals surface area contributed by atoms with Gasteiger partial charge in [-0.05, 0) is 17.9 Å². The number of nitrogens with zero attached hydrogens (tertiary/aromatic N) is 1. The van der Waals surface area contributed by atoms with Crippen molar-refractivity contribution in [2.24, 2.45) is 0 Å². The van der Waals surface area contributed by atoms with Crippen molar-refractivity contribution in [2.45, 2.75) is 38.8 Å². The first kappa shape index (κ1) is 14.3. The molecular weight excluding hydrogens is 265 g/mol. The van der Waals surface area contributed by atoms with E-state index in [9.17, 15) is 12.8 Å². The van der Waals surface area contributed by atoms with Gasteiger partial charge >= 0.3 is 0 Å². The second-order valence-electron chi connectivity index (χ2n) is 6.42. The summed E-state index contributed by atoms with van der Waals surface area (Å²) in [6.45, 7) is 7.28. The summed E-state index contributed by atoms with van der Waals surface area (Å²) in [5, 5.41) is 0. The van der Waals surface area contributed by atoms with Crippen LogP contribution in [0.1, 0.15) is 38.8 Å². The highest BCUT2D eigenvalue weighted by Gasteiger charge is 2.45. The van der Waals surface area contributed by atoms with E-state index in [0.717, 1.165) is 11.8 Å². The second-order valence-corrected chi connectivity index (χ2v) is 8.33. The molecule has 0 saturated heterocycles. The lowest BCUT2D eigenvalue weighted by Crippen LogP contribution is -2.33. The van der Waals surface area contributed by atoms with Crippen LogP contribution in [-0.4, -0.2) is 21.2 Å². The Balaban J connectivity index is 2.78. The maximum atomic E-state index is 14.6. The van der Waals surface area contributed by atoms with Gasteiger partial charge in [-0.3, -0.25) is 4.31 Å². The van der Waals surface area contributed by atoms with Gasteiger partial charge in [0.05, 0.1) is 18.5 Å². The molecule has 106 valence electrons. The molecule has 0 aliphatic carbocycles. The normalized spacial score (nSPS) is 23.6. The van der Waals surface area contributed by atoms with Crippen LogP contribution < -0.4 is 4.31 Å². The summed E-state index contributed by atoms with van der Waals surface area (Å²) in [6.07, 6.45) is 1.12. The van der Waals surface area contributed by atoms with Crippen LogP contribution in [0.3, 0.4) is 0 Å². The number of sulfonamides is 1. The fourth-order valence-electron chi connectivity index (χ4n) is 2.56. The first-order valence-electron chi connectivity index (χ1n) is 6.25. The van der Waals surface area contributed by atoms with E-state index < -0.39 is 15.7 Å². The molecule has 0 N–H and O–H groups in total. The molecule has 0 amide bonds. The maximum absolute atomic E-state index is 14.6. The lowest BCUT2D eigenvalue weighted by molar-refractivity contribution is 0.218. The largest absolute Gasteiger partial charge is 0.266 e. The third-order valence-electron chi connectivity index (χ3n) is 3.50. The van der Waals surface area contributed by atoms with Crippen LogP contribution in [0, 0.1) is 0 Å². The molecule has 1 aliphatic rings. The molecule has 2 rings (SSSR count). The molecule has 1 aromatic carbocycles. The summed E-state index contributed by atoms with van der Waals surface area (Å²) in [5.74, 6) is 0. The monoisotopic (exact) mass is 285 g/mol. The zero-order chi connectivity index (χ0) is 14.6. The van der Waals surface area contributed by atoms with Crippen LogP contribution in [0.15, 0.2) is 18.2 Å². The van der Waals surface area contributed by atoms with Gasteiger partial charge in [-0.1, -0.05) is 39.0 Å². The summed E-state index contributed by atoms with van der Waals surface area (Å²) in [7, 11) is -3.48. The van der Waals surface area contributed by atoms with Gasteiger partial charge in [0.25, 0.3) is 0 Å². The third-order valence-corrected chi connectivity index (χ3v) is 4.61. The molecule has 5 heteroatoms. The zero-order valence-electron chi connectivity index (χ0n) is 12.0. The van der Waals surface area contributed by atoms with Crippen LogP contribution in [0.25, 0.3) is 0 Å². The molecule has 1 heterocycles. The number of hydrogen-bond acceptors (Lipinski definition) is 2. The van der Waals surface area contributed by atoms with Gasteiger partial charge < -0.3 is 0 Å². The number of alkyl halides is 1. The fourth-order valence-corrected chi connectivity index (χ4v) is 3.56. The number of rotatable bonds is 1. The van der Waals surface area contributed by atoms with Crippen molar-refractivity contribution in [1.29, 1.82) is 0 Å². The van der Waals surface area contributed by atoms with Crippen LogP contribution in [0.4, 0.5) is 10.1 Å². The molecule has 0 spiro atoms. The van der Waals surface area contributed by atoms with Crippen LogP contribution in [0.5, 0.6) is 0 Å². The van der Waals surface area contributed by atoms with Gasteiger partial charge in [0.2, 0.25) is 10.0 Å². The van der Waals surface area contributed by atoms with E-state index in [0.29, 0.717) is 11.3 Å². The van der Waals surface area contributed by atoms with E-state index in [2.05, 4.69) is 0 Å². The number of fused-ring (bicyclic) bond motifs is 1. The quantitative estimate of drug-likeness (QED) is 0.795. The topological polar surface area (TPSA) is 37.4 Å². The molecular formula is C14H20FNO2S. The van der Waals surface area contributed by atoms with E-state index >= 15 is 0 Å². The first-order chi connectivity index (χ1) is 8.44. The van der Waals surface area contributed by atoms with Crippen molar-refractivity contribution in [1.82, 2.24) is 0 Å². The molecule has 0 saturated carbocycles. The van der Waals surface area contributed by atoms with Crippen LogP contribution in [0.2, 0.25) is 0 Å². The van der Waals surface area contributed by atoms with Crippen molar-refractivity contribution < 1.29 is 12.8 Å². The molecule has 1 aliphatic heterocycles. The lowest BCUT2D eigenvalue weighted by atomic mass is 9.84. The number of para-hydroxylation sites is 1. The van der Waals surface area contributed by atoms with E-state index in [1.165, 1.54) is 11.2 Å². The van der Waals surface area contributed by atoms with Crippen molar-refractivity contribution in [3.05, 3.63) is 29.3 Å². The summed E-state index contributed by atoms with van der Waals surface area (Å²) in [6, 6.07) is 5.34. The molecule has 0 aromatic heterocycles. The summed E-state index contributed by atoms with van der Waals surface area (Å²) in [5.41, 5.74) is -0.0429. The average Bonchev–Trinajstić information content (AvgIpc) is 2.49. The minimum absolute atomic E-state index is 0.145. The highest BCUT2D eigenvalue weighted by molar-refractivity contribution is 7.92. The Hall–Kier alpha value is -1.10. The Labute approximate surface area is 114 Å². The molecule has 0 fully saturated rings. The molecule has 3 nitrogen and oxygen atoms in total. The van der Waals surface area contributed by atoms with Gasteiger partial charge in [0, 0.05) is 5.56 Å². The average molecular weight is 285 g/mol. The molecule has 1 unspecified atom stereocenters. The van der Waals surface area contributed by atoms with Gasteiger partial charge in [-0.25, -0.2) is 12.8 Å². The Morgan fingerprint density at radius 2 is 1.89 bits per heavy atom. The second kappa shape index (κ2) is 3.95. The number of hydrogen-bond donors (Lipinski definition) is 0. The minimum Gasteiger partial charge on any atom is -0.266 e. The molecule has 1 atom stereocenters. The SMILES string of the molecule is CC(C)(C)c1cccc2c1N(S(C)(=O)=O)CC2(C)F. The smallest absolute Gasteiger partial charge is 0.232 e. The highest BCUT2D eigenvalue weighted by Crippen LogP contribution is 2.47. The zero-order valence-corrected chi connectivity index (χ0v) is 12.8. The Kier molecular flexibility index (Phi) is 2.97. The predicted molar refractivity (Wildman–Crippen MR) is 75.8 cm³/mol. The van der Waals surface area contributed by atoms with Crippen LogP contribution >= 0.6 is 0 Å². The van der Waals surface area contributed by atoms with E-state index in [1.807, 2.05) is 26.8 Å². The Morgan fingerprint density at radius 3 is 2.37 bits per heavy atom. The van der Waals surface area contributed by atoms with Crippen LogP contribution in [-0.2, 0) is 21.1 Å². The summed E-state index contributed by atoms with van der Waals surface area (Å²) in [4.78, 5) is 0. The van der Waals surface area contributed by atoms with Crippen molar-refractivity contribution in [3.63, 3.8) is 0 Å². The predicted octanol–water partition coefficient (Wildman–Crippen LogP) is 2.95. The van der Waals surface area contributed by atoms with E-state index in [-0.39, 0.29) is 12.0 Å². The minimum atomic E-state index is -3.48. The number of halogens is 1. The molecule has 0 bridgehead atoms. The van der Waals surface area contributed by atoms with Gasteiger partial charge in [0.1, 0.15) is 0 Å². The van der Waals surface area contributed by atoms with Gasteiger partial charge in [-0.2, -0.15) is 0 Å². The third kappa shape index (κ3) is 2.36. The van der Waals surface area contributed by atoms with E-state index in [4.69, 9.17) is 0 Å². The molecule has 1 aromatic rings. The molecule has 19 heavy (non-hydrogen) atoms. The van der Waals surface area contributed by atoms with Crippen molar-refractivity contribution in [3.8, 4) is 0 Å². The lowest BCUT2D eigenvalue weighted by Gasteiger charge is -2.26. The van der Waals surface area contributed by atoms with Crippen molar-refractivity contribution >= 4 is 15.7 Å². The standard InChI is InChI=1S/C14H20FNO2S/c1-13(2,3)10-7-6-8-11-12(10)16(19(5,17)18)9-14(11,4)15/h6-8H,9H2,1-5H3. The summed E-state index contributed by atoms with van der Waals surface area (Å²) >= 11 is 0. The maximum Gasteiger partial charge on any atom is 0.232 e. The number of benzene rings is 1. The Morgan fingerprint density at radius 1 is 1.32 bits per heavy atom. The van der Waals surface area contributed by atoms with Gasteiger partial charge in [-0.15, -0.1) is 0 Å². The summed E-state index contributed by atoms with van der Waals surface area (Å²) < 4.78 is 39.7.